The molecule has 2 rings (SSSR count). The number of nitrogens with two attached hydrogens (primary N) is 2. The number of rotatable bonds is 4. The maximum Gasteiger partial charge on any atom is 0.239 e. The van der Waals surface area contributed by atoms with Crippen LogP contribution in [0.25, 0.3) is 0 Å². The molecule has 2 unspecified atom stereocenters. The van der Waals surface area contributed by atoms with Crippen LogP contribution in [-0.2, 0) is 16.0 Å². The molecule has 0 aliphatic carbocycles. The first-order chi connectivity index (χ1) is 9.47. The van der Waals surface area contributed by atoms with Crippen molar-refractivity contribution in [3.63, 3.8) is 0 Å². The van der Waals surface area contributed by atoms with Gasteiger partial charge in [0.15, 0.2) is 0 Å². The van der Waals surface area contributed by atoms with E-state index in [0.717, 1.165) is 5.56 Å². The number of phenolic OH excluding ortho intramolecular Hbond substituents is 1. The summed E-state index contributed by atoms with van der Waals surface area (Å²) in [7, 11) is 0. The summed E-state index contributed by atoms with van der Waals surface area (Å²) in [6.45, 7) is 0.882. The summed E-state index contributed by atoms with van der Waals surface area (Å²) in [5.41, 5.74) is 12.0. The fourth-order valence-electron chi connectivity index (χ4n) is 2.40. The monoisotopic (exact) mass is 277 g/mol. The van der Waals surface area contributed by atoms with Crippen LogP contribution in [0.2, 0.25) is 0 Å². The minimum absolute atomic E-state index is 0.165. The third-order valence-electron chi connectivity index (χ3n) is 3.61. The lowest BCUT2D eigenvalue weighted by molar-refractivity contribution is -0.131. The van der Waals surface area contributed by atoms with Crippen molar-refractivity contribution in [1.82, 2.24) is 4.90 Å². The van der Waals surface area contributed by atoms with Crippen molar-refractivity contribution in [2.75, 3.05) is 13.1 Å². The first kappa shape index (κ1) is 14.3. The number of carbonyl (C=O) groups excluding carboxylic acids is 2. The zero-order valence-corrected chi connectivity index (χ0v) is 11.2. The van der Waals surface area contributed by atoms with Crippen molar-refractivity contribution in [3.8, 4) is 5.75 Å². The molecule has 2 amide bonds. The summed E-state index contributed by atoms with van der Waals surface area (Å²) in [6.07, 6.45) is 1.00. The van der Waals surface area contributed by atoms with Crippen LogP contribution in [0.3, 0.4) is 0 Å². The molecule has 1 aliphatic rings. The van der Waals surface area contributed by atoms with Crippen LogP contribution in [0, 0.1) is 5.92 Å². The molecule has 1 heterocycles. The van der Waals surface area contributed by atoms with Crippen molar-refractivity contribution in [2.45, 2.75) is 18.9 Å². The van der Waals surface area contributed by atoms with Crippen LogP contribution >= 0.6 is 0 Å². The Balaban J connectivity index is 1.92. The van der Waals surface area contributed by atoms with Gasteiger partial charge in [0.1, 0.15) is 5.75 Å². The third-order valence-corrected chi connectivity index (χ3v) is 3.61. The van der Waals surface area contributed by atoms with Crippen molar-refractivity contribution in [3.05, 3.63) is 29.8 Å². The van der Waals surface area contributed by atoms with Crippen molar-refractivity contribution < 1.29 is 14.7 Å². The second-order valence-corrected chi connectivity index (χ2v) is 5.15. The number of phenols is 1. The zero-order chi connectivity index (χ0) is 14.7. The minimum Gasteiger partial charge on any atom is -0.508 e. The van der Waals surface area contributed by atoms with Crippen LogP contribution in [0.5, 0.6) is 5.75 Å². The van der Waals surface area contributed by atoms with Gasteiger partial charge in [-0.3, -0.25) is 9.59 Å². The van der Waals surface area contributed by atoms with Gasteiger partial charge in [-0.25, -0.2) is 0 Å². The quantitative estimate of drug-likeness (QED) is 0.695. The lowest BCUT2D eigenvalue weighted by Gasteiger charge is -2.20. The molecule has 0 aromatic heterocycles. The summed E-state index contributed by atoms with van der Waals surface area (Å²) in [4.78, 5) is 24.9. The molecule has 0 saturated carbocycles. The summed E-state index contributed by atoms with van der Waals surface area (Å²) in [5.74, 6) is -0.619. The van der Waals surface area contributed by atoms with E-state index in [-0.39, 0.29) is 23.5 Å². The number of benzene rings is 1. The Hall–Kier alpha value is -2.08. The highest BCUT2D eigenvalue weighted by atomic mass is 16.3. The molecule has 20 heavy (non-hydrogen) atoms. The van der Waals surface area contributed by atoms with E-state index in [9.17, 15) is 14.7 Å². The molecule has 1 aromatic rings. The van der Waals surface area contributed by atoms with Gasteiger partial charge in [0.05, 0.1) is 12.0 Å². The van der Waals surface area contributed by atoms with Gasteiger partial charge in [-0.15, -0.1) is 0 Å². The molecule has 0 bridgehead atoms. The molecule has 1 aliphatic heterocycles. The molecule has 6 nitrogen and oxygen atoms in total. The number of hydrogen-bond donors (Lipinski definition) is 3. The van der Waals surface area contributed by atoms with Crippen LogP contribution in [0.4, 0.5) is 0 Å². The summed E-state index contributed by atoms with van der Waals surface area (Å²) < 4.78 is 0. The number of likely N-dealkylation sites (tertiary alicyclic amines) is 1. The number of aromatic hydroxyl groups is 1. The Morgan fingerprint density at radius 2 is 2.00 bits per heavy atom. The van der Waals surface area contributed by atoms with E-state index in [1.807, 2.05) is 0 Å². The Morgan fingerprint density at radius 3 is 2.55 bits per heavy atom. The first-order valence-electron chi connectivity index (χ1n) is 6.59. The normalized spacial score (nSPS) is 19.9. The SMILES string of the molecule is NC(=O)C1CCN(C(=O)C(N)Cc2ccc(O)cc2)C1. The van der Waals surface area contributed by atoms with Gasteiger partial charge in [0.2, 0.25) is 11.8 Å². The molecule has 5 N–H and O–H groups in total. The van der Waals surface area contributed by atoms with Gasteiger partial charge in [0.25, 0.3) is 0 Å². The highest BCUT2D eigenvalue weighted by Crippen LogP contribution is 2.17. The van der Waals surface area contributed by atoms with E-state index in [2.05, 4.69) is 0 Å². The fourth-order valence-corrected chi connectivity index (χ4v) is 2.40. The predicted molar refractivity (Wildman–Crippen MR) is 73.7 cm³/mol. The molecular weight excluding hydrogens is 258 g/mol. The van der Waals surface area contributed by atoms with E-state index in [4.69, 9.17) is 11.5 Å². The lowest BCUT2D eigenvalue weighted by Crippen LogP contribution is -2.44. The van der Waals surface area contributed by atoms with Crippen molar-refractivity contribution in [1.29, 1.82) is 0 Å². The Kier molecular flexibility index (Phi) is 4.24. The third kappa shape index (κ3) is 3.27. The van der Waals surface area contributed by atoms with Crippen LogP contribution in [0.15, 0.2) is 24.3 Å². The van der Waals surface area contributed by atoms with Crippen molar-refractivity contribution in [2.24, 2.45) is 17.4 Å². The molecule has 1 fully saturated rings. The van der Waals surface area contributed by atoms with Crippen molar-refractivity contribution >= 4 is 11.8 Å². The zero-order valence-electron chi connectivity index (χ0n) is 11.2. The van der Waals surface area contributed by atoms with Crippen LogP contribution < -0.4 is 11.5 Å². The highest BCUT2D eigenvalue weighted by Gasteiger charge is 2.31. The molecule has 1 aromatic carbocycles. The lowest BCUT2D eigenvalue weighted by atomic mass is 10.1. The Morgan fingerprint density at radius 1 is 1.35 bits per heavy atom. The Bertz CT molecular complexity index is 501. The van der Waals surface area contributed by atoms with Gasteiger partial charge in [0, 0.05) is 13.1 Å². The molecule has 6 heteroatoms. The maximum atomic E-state index is 12.2. The first-order valence-corrected chi connectivity index (χ1v) is 6.59. The van der Waals surface area contributed by atoms with E-state index in [1.54, 1.807) is 29.2 Å². The number of primary amides is 1. The van der Waals surface area contributed by atoms with Gasteiger partial charge in [-0.2, -0.15) is 0 Å². The van der Waals surface area contributed by atoms with E-state index in [0.29, 0.717) is 25.9 Å². The van der Waals surface area contributed by atoms with Gasteiger partial charge in [-0.1, -0.05) is 12.1 Å². The van der Waals surface area contributed by atoms with E-state index < -0.39 is 6.04 Å². The summed E-state index contributed by atoms with van der Waals surface area (Å²) in [6, 6.07) is 5.94. The number of nitrogens with zero attached hydrogens (tertiary/aromatic N) is 1. The smallest absolute Gasteiger partial charge is 0.239 e. The second kappa shape index (κ2) is 5.92. The van der Waals surface area contributed by atoms with E-state index >= 15 is 0 Å². The van der Waals surface area contributed by atoms with Crippen LogP contribution in [0.1, 0.15) is 12.0 Å². The Labute approximate surface area is 117 Å². The van der Waals surface area contributed by atoms with Gasteiger partial charge in [-0.05, 0) is 30.5 Å². The summed E-state index contributed by atoms with van der Waals surface area (Å²) >= 11 is 0. The second-order valence-electron chi connectivity index (χ2n) is 5.15. The number of hydrogen-bond acceptors (Lipinski definition) is 4. The van der Waals surface area contributed by atoms with Gasteiger partial charge >= 0.3 is 0 Å². The molecular formula is C14H19N3O3. The standard InChI is InChI=1S/C14H19N3O3/c15-12(7-9-1-3-11(18)4-2-9)14(20)17-6-5-10(8-17)13(16)19/h1-4,10,12,18H,5-8,15H2,(H2,16,19). The average molecular weight is 277 g/mol. The fraction of sp³-hybridized carbons (Fsp3) is 0.429. The van der Waals surface area contributed by atoms with E-state index in [1.165, 1.54) is 0 Å². The van der Waals surface area contributed by atoms with Gasteiger partial charge < -0.3 is 21.5 Å². The maximum absolute atomic E-state index is 12.2. The number of amides is 2. The van der Waals surface area contributed by atoms with Crippen LogP contribution in [-0.4, -0.2) is 41.0 Å². The average Bonchev–Trinajstić information content (AvgIpc) is 2.90. The molecule has 2 atom stereocenters. The largest absolute Gasteiger partial charge is 0.508 e. The minimum atomic E-state index is -0.647. The molecule has 108 valence electrons. The highest BCUT2D eigenvalue weighted by molar-refractivity contribution is 5.84. The molecule has 1 saturated heterocycles. The predicted octanol–water partition coefficient (Wildman–Crippen LogP) is -0.404. The summed E-state index contributed by atoms with van der Waals surface area (Å²) in [5, 5.41) is 9.20. The molecule has 0 radical (unpaired) electrons. The topological polar surface area (TPSA) is 110 Å². The number of carbonyl (C=O) groups is 2. The molecule has 0 spiro atoms.